The molecule has 9 heteroatoms. The second-order valence-electron chi connectivity index (χ2n) is 6.30. The average Bonchev–Trinajstić information content (AvgIpc) is 3.23. The number of benzene rings is 2. The first-order valence-corrected chi connectivity index (χ1v) is 9.34. The third-order valence-corrected chi connectivity index (χ3v) is 4.62. The highest BCUT2D eigenvalue weighted by molar-refractivity contribution is 6.30. The number of ether oxygens (including phenoxy) is 2. The number of aromatic nitrogens is 4. The lowest BCUT2D eigenvalue weighted by Gasteiger charge is -2.07. The van der Waals surface area contributed by atoms with Crippen LogP contribution in [-0.4, -0.2) is 34.1 Å². The normalized spacial score (nSPS) is 10.8. The molecule has 0 radical (unpaired) electrons. The molecule has 0 spiro atoms. The fourth-order valence-corrected chi connectivity index (χ4v) is 3.09. The summed E-state index contributed by atoms with van der Waals surface area (Å²) in [4.78, 5) is 16.7. The fraction of sp³-hybridized carbons (Fsp3) is 0.143. The van der Waals surface area contributed by atoms with Crippen LogP contribution in [0.1, 0.15) is 5.89 Å². The molecule has 4 rings (SSSR count). The molecule has 0 aliphatic rings. The van der Waals surface area contributed by atoms with Gasteiger partial charge in [-0.25, -0.2) is 4.68 Å². The van der Waals surface area contributed by atoms with Gasteiger partial charge in [0.2, 0.25) is 11.7 Å². The second kappa shape index (κ2) is 8.38. The molecule has 0 aliphatic heterocycles. The zero-order valence-electron chi connectivity index (χ0n) is 16.2. The third-order valence-electron chi connectivity index (χ3n) is 4.39. The van der Waals surface area contributed by atoms with E-state index in [9.17, 15) is 4.79 Å². The molecule has 152 valence electrons. The van der Waals surface area contributed by atoms with Crippen molar-refractivity contribution in [2.75, 3.05) is 14.2 Å². The second-order valence-corrected chi connectivity index (χ2v) is 6.74. The first-order valence-electron chi connectivity index (χ1n) is 8.96. The monoisotopic (exact) mass is 424 g/mol. The van der Waals surface area contributed by atoms with Crippen LogP contribution in [-0.2, 0) is 6.54 Å². The molecule has 0 N–H and O–H groups in total. The average molecular weight is 425 g/mol. The standard InChI is InChI=1S/C21H17ClN4O4/c1-28-15-6-7-16(18(11-15)29-2)21-23-19(30-25-21)12-26-20(27)9-8-17(24-26)13-4-3-5-14(22)10-13/h3-11H,12H2,1-2H3. The maximum Gasteiger partial charge on any atom is 0.267 e. The Hall–Kier alpha value is -3.65. The zero-order chi connectivity index (χ0) is 21.1. The van der Waals surface area contributed by atoms with Crippen LogP contribution in [0.5, 0.6) is 11.5 Å². The Balaban J connectivity index is 1.63. The van der Waals surface area contributed by atoms with Gasteiger partial charge >= 0.3 is 0 Å². The van der Waals surface area contributed by atoms with Crippen LogP contribution in [0.4, 0.5) is 0 Å². The lowest BCUT2D eigenvalue weighted by atomic mass is 10.1. The maximum absolute atomic E-state index is 12.3. The van der Waals surface area contributed by atoms with Gasteiger partial charge in [-0.15, -0.1) is 0 Å². The van der Waals surface area contributed by atoms with Crippen molar-refractivity contribution in [3.05, 3.63) is 75.9 Å². The van der Waals surface area contributed by atoms with Crippen molar-refractivity contribution in [3.8, 4) is 34.1 Å². The molecular weight excluding hydrogens is 408 g/mol. The van der Waals surface area contributed by atoms with E-state index in [1.54, 1.807) is 50.6 Å². The van der Waals surface area contributed by atoms with Crippen molar-refractivity contribution in [2.45, 2.75) is 6.54 Å². The molecule has 0 aliphatic carbocycles. The van der Waals surface area contributed by atoms with Crippen LogP contribution in [0, 0.1) is 0 Å². The first kappa shape index (κ1) is 19.7. The molecule has 2 heterocycles. The van der Waals surface area contributed by atoms with Crippen molar-refractivity contribution in [2.24, 2.45) is 0 Å². The molecule has 2 aromatic carbocycles. The minimum atomic E-state index is -0.289. The van der Waals surface area contributed by atoms with E-state index in [1.165, 1.54) is 10.7 Å². The lowest BCUT2D eigenvalue weighted by Crippen LogP contribution is -2.23. The van der Waals surface area contributed by atoms with E-state index in [0.29, 0.717) is 33.6 Å². The number of rotatable bonds is 6. The van der Waals surface area contributed by atoms with Crippen LogP contribution < -0.4 is 15.0 Å². The van der Waals surface area contributed by atoms with Gasteiger partial charge in [-0.05, 0) is 30.3 Å². The molecule has 0 saturated heterocycles. The van der Waals surface area contributed by atoms with E-state index in [2.05, 4.69) is 15.2 Å². The molecule has 0 fully saturated rings. The minimum Gasteiger partial charge on any atom is -0.497 e. The summed E-state index contributed by atoms with van der Waals surface area (Å²) in [5.41, 5.74) is 1.75. The largest absolute Gasteiger partial charge is 0.497 e. The molecule has 4 aromatic rings. The van der Waals surface area contributed by atoms with Crippen LogP contribution in [0.15, 0.2) is 63.9 Å². The van der Waals surface area contributed by atoms with E-state index >= 15 is 0 Å². The molecule has 8 nitrogen and oxygen atoms in total. The van der Waals surface area contributed by atoms with E-state index in [4.69, 9.17) is 25.6 Å². The lowest BCUT2D eigenvalue weighted by molar-refractivity contribution is 0.363. The van der Waals surface area contributed by atoms with Gasteiger partial charge in [-0.3, -0.25) is 4.79 Å². The summed E-state index contributed by atoms with van der Waals surface area (Å²) >= 11 is 6.05. The SMILES string of the molecule is COc1ccc(-c2noc(Cn3nc(-c4cccc(Cl)c4)ccc3=O)n2)c(OC)c1. The first-order chi connectivity index (χ1) is 14.6. The molecule has 0 amide bonds. The van der Waals surface area contributed by atoms with Crippen LogP contribution >= 0.6 is 11.6 Å². The molecule has 0 atom stereocenters. The molecule has 0 saturated carbocycles. The number of hydrogen-bond acceptors (Lipinski definition) is 7. The Morgan fingerprint density at radius 2 is 1.93 bits per heavy atom. The molecule has 2 aromatic heterocycles. The summed E-state index contributed by atoms with van der Waals surface area (Å²) < 4.78 is 17.2. The Kier molecular flexibility index (Phi) is 5.49. The topological polar surface area (TPSA) is 92.3 Å². The summed E-state index contributed by atoms with van der Waals surface area (Å²) in [5.74, 6) is 1.76. The Bertz CT molecular complexity index is 1250. The van der Waals surface area contributed by atoms with Gasteiger partial charge < -0.3 is 14.0 Å². The van der Waals surface area contributed by atoms with Gasteiger partial charge in [0.25, 0.3) is 5.56 Å². The summed E-state index contributed by atoms with van der Waals surface area (Å²) in [5, 5.41) is 8.98. The summed E-state index contributed by atoms with van der Waals surface area (Å²) in [7, 11) is 3.12. The predicted molar refractivity (Wildman–Crippen MR) is 111 cm³/mol. The van der Waals surface area contributed by atoms with Gasteiger partial charge in [-0.1, -0.05) is 28.9 Å². The van der Waals surface area contributed by atoms with Gasteiger partial charge in [0.1, 0.15) is 18.0 Å². The van der Waals surface area contributed by atoms with Gasteiger partial charge in [0.15, 0.2) is 0 Å². The van der Waals surface area contributed by atoms with Crippen LogP contribution in [0.3, 0.4) is 0 Å². The number of halogens is 1. The highest BCUT2D eigenvalue weighted by atomic mass is 35.5. The molecule has 0 unspecified atom stereocenters. The van der Waals surface area contributed by atoms with Gasteiger partial charge in [0.05, 0.1) is 25.5 Å². The summed E-state index contributed by atoms with van der Waals surface area (Å²) in [6.45, 7) is 0.0265. The van der Waals surface area contributed by atoms with Crippen LogP contribution in [0.25, 0.3) is 22.6 Å². The van der Waals surface area contributed by atoms with E-state index < -0.39 is 0 Å². The van der Waals surface area contributed by atoms with Crippen molar-refractivity contribution in [1.29, 1.82) is 0 Å². The molecule has 0 bridgehead atoms. The van der Waals surface area contributed by atoms with E-state index in [1.807, 2.05) is 12.1 Å². The minimum absolute atomic E-state index is 0.0265. The quantitative estimate of drug-likeness (QED) is 0.466. The van der Waals surface area contributed by atoms with Crippen molar-refractivity contribution >= 4 is 11.6 Å². The Labute approximate surface area is 176 Å². The maximum atomic E-state index is 12.3. The zero-order valence-corrected chi connectivity index (χ0v) is 17.0. The predicted octanol–water partition coefficient (Wildman–Crippen LogP) is 3.68. The Morgan fingerprint density at radius 3 is 2.70 bits per heavy atom. The third kappa shape index (κ3) is 4.04. The highest BCUT2D eigenvalue weighted by Gasteiger charge is 2.15. The fourth-order valence-electron chi connectivity index (χ4n) is 2.90. The van der Waals surface area contributed by atoms with Gasteiger partial charge in [-0.2, -0.15) is 10.1 Å². The summed E-state index contributed by atoms with van der Waals surface area (Å²) in [6, 6.07) is 15.6. The highest BCUT2D eigenvalue weighted by Crippen LogP contribution is 2.31. The van der Waals surface area contributed by atoms with Crippen molar-refractivity contribution in [1.82, 2.24) is 19.9 Å². The van der Waals surface area contributed by atoms with E-state index in [0.717, 1.165) is 5.56 Å². The molecular formula is C21H17ClN4O4. The molecule has 30 heavy (non-hydrogen) atoms. The Morgan fingerprint density at radius 1 is 1.07 bits per heavy atom. The smallest absolute Gasteiger partial charge is 0.267 e. The van der Waals surface area contributed by atoms with E-state index in [-0.39, 0.29) is 18.0 Å². The number of methoxy groups -OCH3 is 2. The van der Waals surface area contributed by atoms with Crippen molar-refractivity contribution < 1.29 is 14.0 Å². The van der Waals surface area contributed by atoms with Gasteiger partial charge in [0, 0.05) is 22.7 Å². The van der Waals surface area contributed by atoms with Crippen LogP contribution in [0.2, 0.25) is 5.02 Å². The summed E-state index contributed by atoms with van der Waals surface area (Å²) in [6.07, 6.45) is 0. The van der Waals surface area contributed by atoms with Crippen molar-refractivity contribution in [3.63, 3.8) is 0 Å². The number of nitrogens with zero attached hydrogens (tertiary/aromatic N) is 4. The number of hydrogen-bond donors (Lipinski definition) is 0.